The van der Waals surface area contributed by atoms with Crippen LogP contribution in [0.4, 0.5) is 0 Å². The number of amides is 2. The van der Waals surface area contributed by atoms with Gasteiger partial charge in [0.2, 0.25) is 11.8 Å². The van der Waals surface area contributed by atoms with Crippen LogP contribution < -0.4 is 10.6 Å². The minimum Gasteiger partial charge on any atom is -0.302 e. The number of nitrogens with one attached hydrogen (secondary N) is 2. The lowest BCUT2D eigenvalue weighted by Gasteiger charge is -2.35. The summed E-state index contributed by atoms with van der Waals surface area (Å²) in [5, 5.41) is 5.31. The normalized spacial score (nSPS) is 18.8. The SMILES string of the molecule is CCCCC1(CCC(C)C)C(=O)NC(=S)NC1=O. The fraction of sp³-hybridized carbons (Fsp3) is 0.769. The molecule has 1 fully saturated rings. The van der Waals surface area contributed by atoms with E-state index in [1.807, 2.05) is 0 Å². The van der Waals surface area contributed by atoms with Crippen LogP contribution in [0.15, 0.2) is 0 Å². The quantitative estimate of drug-likeness (QED) is 0.574. The van der Waals surface area contributed by atoms with E-state index < -0.39 is 5.41 Å². The molecule has 0 aromatic carbocycles. The molecule has 2 N–H and O–H groups in total. The van der Waals surface area contributed by atoms with Crippen LogP contribution in [0.25, 0.3) is 0 Å². The second-order valence-corrected chi connectivity index (χ2v) is 5.76. The summed E-state index contributed by atoms with van der Waals surface area (Å²) in [6, 6.07) is 0. The number of thiocarbonyl (C=S) groups is 1. The van der Waals surface area contributed by atoms with Gasteiger partial charge in [-0.25, -0.2) is 0 Å². The fourth-order valence-electron chi connectivity index (χ4n) is 2.17. The Morgan fingerprint density at radius 3 is 2.17 bits per heavy atom. The van der Waals surface area contributed by atoms with E-state index in [4.69, 9.17) is 12.2 Å². The number of hydrogen-bond acceptors (Lipinski definition) is 3. The van der Waals surface area contributed by atoms with Crippen molar-refractivity contribution in [3.05, 3.63) is 0 Å². The van der Waals surface area contributed by atoms with Gasteiger partial charge in [-0.05, 0) is 37.4 Å². The van der Waals surface area contributed by atoms with Crippen LogP contribution in [0.5, 0.6) is 0 Å². The third-order valence-electron chi connectivity index (χ3n) is 3.43. The molecule has 1 rings (SSSR count). The molecule has 1 aliphatic heterocycles. The van der Waals surface area contributed by atoms with Gasteiger partial charge in [0.15, 0.2) is 5.11 Å². The minimum atomic E-state index is -0.928. The summed E-state index contributed by atoms with van der Waals surface area (Å²) in [6.07, 6.45) is 3.87. The molecule has 1 saturated heterocycles. The van der Waals surface area contributed by atoms with E-state index in [-0.39, 0.29) is 16.9 Å². The van der Waals surface area contributed by atoms with E-state index >= 15 is 0 Å². The lowest BCUT2D eigenvalue weighted by molar-refractivity contribution is -0.145. The van der Waals surface area contributed by atoms with Gasteiger partial charge in [0.05, 0.1) is 0 Å². The second kappa shape index (κ2) is 6.27. The van der Waals surface area contributed by atoms with Crippen molar-refractivity contribution in [3.63, 3.8) is 0 Å². The molecule has 18 heavy (non-hydrogen) atoms. The van der Waals surface area contributed by atoms with Crippen LogP contribution in [0.3, 0.4) is 0 Å². The number of hydrogen-bond donors (Lipinski definition) is 2. The molecule has 2 amide bonds. The van der Waals surface area contributed by atoms with Crippen molar-refractivity contribution in [2.45, 2.75) is 52.9 Å². The molecule has 0 spiro atoms. The summed E-state index contributed by atoms with van der Waals surface area (Å²) in [6.45, 7) is 6.24. The standard InChI is InChI=1S/C13H22N2O2S/c1-4-5-7-13(8-6-9(2)3)10(16)14-12(18)15-11(13)17/h9H,4-8H2,1-3H3,(H2,14,15,16,17,18). The molecule has 102 valence electrons. The highest BCUT2D eigenvalue weighted by Gasteiger charge is 2.48. The number of rotatable bonds is 6. The van der Waals surface area contributed by atoms with Crippen LogP contribution in [0.2, 0.25) is 0 Å². The van der Waals surface area contributed by atoms with E-state index in [1.54, 1.807) is 0 Å². The third kappa shape index (κ3) is 3.28. The van der Waals surface area contributed by atoms with Gasteiger partial charge < -0.3 is 10.6 Å². The van der Waals surface area contributed by atoms with Gasteiger partial charge in [0, 0.05) is 0 Å². The van der Waals surface area contributed by atoms with Crippen molar-refractivity contribution < 1.29 is 9.59 Å². The predicted molar refractivity (Wildman–Crippen MR) is 74.9 cm³/mol. The molecule has 0 saturated carbocycles. The smallest absolute Gasteiger partial charge is 0.241 e. The van der Waals surface area contributed by atoms with Gasteiger partial charge >= 0.3 is 0 Å². The molecule has 0 aromatic rings. The van der Waals surface area contributed by atoms with Crippen molar-refractivity contribution in [1.29, 1.82) is 0 Å². The first kappa shape index (κ1) is 15.1. The molecule has 1 heterocycles. The van der Waals surface area contributed by atoms with Crippen LogP contribution in [0, 0.1) is 11.3 Å². The van der Waals surface area contributed by atoms with Crippen molar-refractivity contribution in [2.75, 3.05) is 0 Å². The van der Waals surface area contributed by atoms with Gasteiger partial charge in [-0.15, -0.1) is 0 Å². The van der Waals surface area contributed by atoms with Crippen molar-refractivity contribution in [2.24, 2.45) is 11.3 Å². The summed E-state index contributed by atoms with van der Waals surface area (Å²) >= 11 is 4.85. The maximum Gasteiger partial charge on any atom is 0.241 e. The van der Waals surface area contributed by atoms with E-state index in [1.165, 1.54) is 0 Å². The maximum absolute atomic E-state index is 12.2. The Hall–Kier alpha value is -0.970. The largest absolute Gasteiger partial charge is 0.302 e. The molecule has 0 aromatic heterocycles. The van der Waals surface area contributed by atoms with E-state index in [0.29, 0.717) is 18.8 Å². The molecular formula is C13H22N2O2S. The average Bonchev–Trinajstić information content (AvgIpc) is 2.27. The van der Waals surface area contributed by atoms with Crippen molar-refractivity contribution in [3.8, 4) is 0 Å². The third-order valence-corrected chi connectivity index (χ3v) is 3.63. The first-order chi connectivity index (χ1) is 8.42. The molecular weight excluding hydrogens is 248 g/mol. The zero-order valence-corrected chi connectivity index (χ0v) is 12.2. The van der Waals surface area contributed by atoms with Crippen LogP contribution in [-0.4, -0.2) is 16.9 Å². The predicted octanol–water partition coefficient (Wildman–Crippen LogP) is 2.13. The Kier molecular flexibility index (Phi) is 5.26. The Morgan fingerprint density at radius 2 is 1.72 bits per heavy atom. The Labute approximate surface area is 114 Å². The summed E-state index contributed by atoms with van der Waals surface area (Å²) in [4.78, 5) is 24.4. The Morgan fingerprint density at radius 1 is 1.17 bits per heavy atom. The molecule has 1 aliphatic rings. The molecule has 0 atom stereocenters. The highest BCUT2D eigenvalue weighted by atomic mass is 32.1. The molecule has 5 heteroatoms. The Balaban J connectivity index is 2.90. The zero-order chi connectivity index (χ0) is 13.8. The van der Waals surface area contributed by atoms with Crippen molar-refractivity contribution >= 4 is 29.1 Å². The monoisotopic (exact) mass is 270 g/mol. The lowest BCUT2D eigenvalue weighted by atomic mass is 9.74. The summed E-state index contributed by atoms with van der Waals surface area (Å²) < 4.78 is 0. The van der Waals surface area contributed by atoms with Crippen LogP contribution in [-0.2, 0) is 9.59 Å². The molecule has 0 aliphatic carbocycles. The maximum atomic E-state index is 12.2. The molecule has 0 unspecified atom stereocenters. The van der Waals surface area contributed by atoms with Crippen LogP contribution in [0.1, 0.15) is 52.9 Å². The topological polar surface area (TPSA) is 58.2 Å². The molecule has 4 nitrogen and oxygen atoms in total. The van der Waals surface area contributed by atoms with Gasteiger partial charge in [0.25, 0.3) is 0 Å². The number of unbranched alkanes of at least 4 members (excludes halogenated alkanes) is 1. The summed E-state index contributed by atoms with van der Waals surface area (Å²) in [5.74, 6) is 0.00804. The number of carbonyl (C=O) groups excluding carboxylic acids is 2. The van der Waals surface area contributed by atoms with Crippen molar-refractivity contribution in [1.82, 2.24) is 10.6 Å². The molecule has 0 bridgehead atoms. The first-order valence-corrected chi connectivity index (χ1v) is 7.00. The lowest BCUT2D eigenvalue weighted by Crippen LogP contribution is -2.62. The summed E-state index contributed by atoms with van der Waals surface area (Å²) in [7, 11) is 0. The first-order valence-electron chi connectivity index (χ1n) is 6.59. The minimum absolute atomic E-state index is 0.127. The van der Waals surface area contributed by atoms with E-state index in [9.17, 15) is 9.59 Å². The highest BCUT2D eigenvalue weighted by Crippen LogP contribution is 2.34. The van der Waals surface area contributed by atoms with Crippen LogP contribution >= 0.6 is 12.2 Å². The van der Waals surface area contributed by atoms with Gasteiger partial charge in [-0.2, -0.15) is 0 Å². The average molecular weight is 270 g/mol. The Bertz CT molecular complexity index is 333. The van der Waals surface area contributed by atoms with E-state index in [0.717, 1.165) is 19.3 Å². The number of carbonyl (C=O) groups is 2. The van der Waals surface area contributed by atoms with E-state index in [2.05, 4.69) is 31.4 Å². The second-order valence-electron chi connectivity index (χ2n) is 5.36. The fourth-order valence-corrected chi connectivity index (χ4v) is 2.36. The van der Waals surface area contributed by atoms with Gasteiger partial charge in [-0.3, -0.25) is 9.59 Å². The highest BCUT2D eigenvalue weighted by molar-refractivity contribution is 7.80. The van der Waals surface area contributed by atoms with Gasteiger partial charge in [-0.1, -0.05) is 33.6 Å². The van der Waals surface area contributed by atoms with Gasteiger partial charge in [0.1, 0.15) is 5.41 Å². The summed E-state index contributed by atoms with van der Waals surface area (Å²) in [5.41, 5.74) is -0.928. The zero-order valence-electron chi connectivity index (χ0n) is 11.3. The molecule has 0 radical (unpaired) electrons.